The van der Waals surface area contributed by atoms with Crippen LogP contribution in [0.1, 0.15) is 35.7 Å². The molecule has 1 amide bonds. The molecule has 0 aliphatic carbocycles. The number of hydrogen-bond acceptors (Lipinski definition) is 6. The first-order valence-electron chi connectivity index (χ1n) is 11.2. The van der Waals surface area contributed by atoms with Gasteiger partial charge in [-0.25, -0.2) is 4.39 Å². The molecule has 10 heteroatoms. The van der Waals surface area contributed by atoms with Gasteiger partial charge in [0.1, 0.15) is 17.0 Å². The zero-order chi connectivity index (χ0) is 23.8. The molecule has 0 unspecified atom stereocenters. The summed E-state index contributed by atoms with van der Waals surface area (Å²) in [5.74, 6) is -0.347. The quantitative estimate of drug-likeness (QED) is 0.437. The molecule has 2 atom stereocenters. The molecule has 0 saturated carbocycles. The average molecular weight is 483 g/mol. The number of fused-ring (bicyclic) bond motifs is 1. The highest BCUT2D eigenvalue weighted by atomic mass is 35.5. The first kappa shape index (κ1) is 22.3. The standard InChI is InChI=1S/C24H24ClFN6O2/c1-14-4-3-11-31(20(14)13-27-24-30-19-12-16(25)5-8-21(19)34-24)23(33)17-6-7-18(26)15(2)22(17)32-28-9-10-29-32/h5-10,12,14,20H,3-4,11,13H2,1-2H3,(H,27,30)/t14-,20-/m1/s1. The number of aromatic nitrogens is 4. The molecule has 0 spiro atoms. The maximum atomic E-state index is 14.4. The van der Waals surface area contributed by atoms with E-state index in [2.05, 4.69) is 27.4 Å². The van der Waals surface area contributed by atoms with Crippen molar-refractivity contribution in [1.29, 1.82) is 0 Å². The molecule has 0 radical (unpaired) electrons. The van der Waals surface area contributed by atoms with Crippen LogP contribution in [0.3, 0.4) is 0 Å². The van der Waals surface area contributed by atoms with Gasteiger partial charge in [0.15, 0.2) is 5.58 Å². The molecule has 1 aliphatic heterocycles. The SMILES string of the molecule is Cc1c(F)ccc(C(=O)N2CCC[C@@H](C)[C@H]2CNc2nc3cc(Cl)ccc3o2)c1-n1nccn1. The summed E-state index contributed by atoms with van der Waals surface area (Å²) in [4.78, 5) is 21.4. The normalized spacial score (nSPS) is 18.4. The summed E-state index contributed by atoms with van der Waals surface area (Å²) >= 11 is 6.05. The predicted molar refractivity (Wildman–Crippen MR) is 127 cm³/mol. The highest BCUT2D eigenvalue weighted by Crippen LogP contribution is 2.29. The van der Waals surface area contributed by atoms with E-state index in [9.17, 15) is 9.18 Å². The van der Waals surface area contributed by atoms with Crippen molar-refractivity contribution in [3.8, 4) is 5.69 Å². The third-order valence-corrected chi connectivity index (χ3v) is 6.64. The number of oxazole rings is 1. The molecule has 1 fully saturated rings. The minimum absolute atomic E-state index is 0.108. The van der Waals surface area contributed by atoms with Gasteiger partial charge in [-0.15, -0.1) is 0 Å². The first-order valence-corrected chi connectivity index (χ1v) is 11.6. The maximum absolute atomic E-state index is 14.4. The Morgan fingerprint density at radius 3 is 2.85 bits per heavy atom. The van der Waals surface area contributed by atoms with Gasteiger partial charge in [-0.3, -0.25) is 4.79 Å². The Morgan fingerprint density at radius 1 is 1.26 bits per heavy atom. The van der Waals surface area contributed by atoms with Gasteiger partial charge >= 0.3 is 0 Å². The lowest BCUT2D eigenvalue weighted by Gasteiger charge is -2.40. The van der Waals surface area contributed by atoms with Crippen molar-refractivity contribution in [2.75, 3.05) is 18.4 Å². The third-order valence-electron chi connectivity index (χ3n) is 6.40. The highest BCUT2D eigenvalue weighted by molar-refractivity contribution is 6.31. The molecule has 1 aliphatic rings. The van der Waals surface area contributed by atoms with Crippen LogP contribution in [-0.4, -0.2) is 49.9 Å². The average Bonchev–Trinajstić information content (AvgIpc) is 3.49. The first-order chi connectivity index (χ1) is 16.4. The van der Waals surface area contributed by atoms with Crippen LogP contribution in [-0.2, 0) is 0 Å². The Balaban J connectivity index is 1.43. The van der Waals surface area contributed by atoms with Gasteiger partial charge in [0, 0.05) is 23.7 Å². The zero-order valence-corrected chi connectivity index (χ0v) is 19.6. The van der Waals surface area contributed by atoms with Gasteiger partial charge in [-0.1, -0.05) is 18.5 Å². The summed E-state index contributed by atoms with van der Waals surface area (Å²) < 4.78 is 20.2. The topological polar surface area (TPSA) is 89.1 Å². The van der Waals surface area contributed by atoms with Crippen LogP contribution in [0, 0.1) is 18.7 Å². The summed E-state index contributed by atoms with van der Waals surface area (Å²) in [6.45, 7) is 4.82. The summed E-state index contributed by atoms with van der Waals surface area (Å²) in [5.41, 5.74) is 2.35. The highest BCUT2D eigenvalue weighted by Gasteiger charge is 2.34. The third kappa shape index (κ3) is 4.11. The molecule has 34 heavy (non-hydrogen) atoms. The Hall–Kier alpha value is -3.46. The van der Waals surface area contributed by atoms with Crippen molar-refractivity contribution >= 4 is 34.6 Å². The van der Waals surface area contributed by atoms with E-state index in [0.29, 0.717) is 52.0 Å². The second-order valence-corrected chi connectivity index (χ2v) is 9.02. The Labute approximate surface area is 200 Å². The van der Waals surface area contributed by atoms with Gasteiger partial charge in [0.2, 0.25) is 0 Å². The number of amides is 1. The van der Waals surface area contributed by atoms with E-state index in [1.165, 1.54) is 29.3 Å². The number of anilines is 1. The van der Waals surface area contributed by atoms with E-state index in [1.54, 1.807) is 25.1 Å². The molecule has 5 rings (SSSR count). The van der Waals surface area contributed by atoms with E-state index in [4.69, 9.17) is 16.0 Å². The molecular weight excluding hydrogens is 459 g/mol. The molecule has 0 bridgehead atoms. The van der Waals surface area contributed by atoms with Crippen LogP contribution in [0.25, 0.3) is 16.8 Å². The summed E-state index contributed by atoms with van der Waals surface area (Å²) in [7, 11) is 0. The van der Waals surface area contributed by atoms with Gasteiger partial charge in [-0.05, 0) is 56.0 Å². The van der Waals surface area contributed by atoms with Crippen molar-refractivity contribution in [2.24, 2.45) is 5.92 Å². The van der Waals surface area contributed by atoms with Crippen LogP contribution < -0.4 is 5.32 Å². The Morgan fingerprint density at radius 2 is 2.06 bits per heavy atom. The van der Waals surface area contributed by atoms with E-state index < -0.39 is 5.82 Å². The van der Waals surface area contributed by atoms with Gasteiger partial charge < -0.3 is 14.6 Å². The lowest BCUT2D eigenvalue weighted by atomic mass is 9.89. The molecule has 4 aromatic rings. The smallest absolute Gasteiger partial charge is 0.295 e. The lowest BCUT2D eigenvalue weighted by Crippen LogP contribution is -2.51. The largest absolute Gasteiger partial charge is 0.424 e. The molecule has 176 valence electrons. The van der Waals surface area contributed by atoms with Crippen LogP contribution in [0.2, 0.25) is 5.02 Å². The molecule has 2 aromatic heterocycles. The van der Waals surface area contributed by atoms with Gasteiger partial charge in [0.05, 0.1) is 24.0 Å². The number of carbonyl (C=O) groups is 1. The molecule has 1 saturated heterocycles. The van der Waals surface area contributed by atoms with Crippen LogP contribution in [0.5, 0.6) is 0 Å². The van der Waals surface area contributed by atoms with Crippen LogP contribution >= 0.6 is 11.6 Å². The zero-order valence-electron chi connectivity index (χ0n) is 18.8. The Bertz CT molecular complexity index is 1340. The number of piperidine rings is 1. The number of likely N-dealkylation sites (tertiary alicyclic amines) is 1. The van der Waals surface area contributed by atoms with Gasteiger partial charge in [0.25, 0.3) is 11.9 Å². The maximum Gasteiger partial charge on any atom is 0.295 e. The van der Waals surface area contributed by atoms with Crippen molar-refractivity contribution < 1.29 is 13.6 Å². The fraction of sp³-hybridized carbons (Fsp3) is 0.333. The number of hydrogen-bond donors (Lipinski definition) is 1. The Kier molecular flexibility index (Phi) is 5.95. The molecule has 2 aromatic carbocycles. The van der Waals surface area contributed by atoms with E-state index in [1.807, 2.05) is 4.90 Å². The summed E-state index contributed by atoms with van der Waals surface area (Å²) in [6, 6.07) is 8.37. The van der Waals surface area contributed by atoms with E-state index in [-0.39, 0.29) is 17.9 Å². The van der Waals surface area contributed by atoms with Crippen molar-refractivity contribution in [2.45, 2.75) is 32.7 Å². The van der Waals surface area contributed by atoms with Crippen LogP contribution in [0.15, 0.2) is 47.1 Å². The van der Waals surface area contributed by atoms with Crippen molar-refractivity contribution in [3.63, 3.8) is 0 Å². The van der Waals surface area contributed by atoms with Crippen molar-refractivity contribution in [1.82, 2.24) is 24.9 Å². The monoisotopic (exact) mass is 482 g/mol. The van der Waals surface area contributed by atoms with Crippen LogP contribution in [0.4, 0.5) is 10.4 Å². The number of nitrogens with zero attached hydrogens (tertiary/aromatic N) is 5. The van der Waals surface area contributed by atoms with E-state index >= 15 is 0 Å². The molecule has 3 heterocycles. The molecule has 8 nitrogen and oxygen atoms in total. The number of carbonyl (C=O) groups excluding carboxylic acids is 1. The van der Waals surface area contributed by atoms with Crippen molar-refractivity contribution in [3.05, 3.63) is 64.7 Å². The minimum atomic E-state index is -0.412. The fourth-order valence-electron chi connectivity index (χ4n) is 4.57. The molecular formula is C24H24ClFN6O2. The van der Waals surface area contributed by atoms with E-state index in [0.717, 1.165) is 12.8 Å². The van der Waals surface area contributed by atoms with Gasteiger partial charge in [-0.2, -0.15) is 20.0 Å². The number of nitrogens with one attached hydrogen (secondary N) is 1. The summed E-state index contributed by atoms with van der Waals surface area (Å²) in [6.07, 6.45) is 4.89. The minimum Gasteiger partial charge on any atom is -0.424 e. The number of benzene rings is 2. The molecule has 1 N–H and O–H groups in total. The summed E-state index contributed by atoms with van der Waals surface area (Å²) in [5, 5.41) is 12.1. The number of halogens is 2. The lowest BCUT2D eigenvalue weighted by molar-refractivity contribution is 0.0538. The second-order valence-electron chi connectivity index (χ2n) is 8.58. The second kappa shape index (κ2) is 9.06. The number of rotatable bonds is 5. The fourth-order valence-corrected chi connectivity index (χ4v) is 4.74. The predicted octanol–water partition coefficient (Wildman–Crippen LogP) is 4.86.